The van der Waals surface area contributed by atoms with E-state index in [0.717, 1.165) is 6.07 Å². The number of hydrogen-bond donors (Lipinski definition) is 1. The van der Waals surface area contributed by atoms with E-state index in [1.807, 2.05) is 6.07 Å². The van der Waals surface area contributed by atoms with Gasteiger partial charge in [-0.2, -0.15) is 5.26 Å². The molecular weight excluding hydrogens is 261 g/mol. The molecule has 0 aliphatic carbocycles. The number of carboxylic acids is 1. The molecule has 0 fully saturated rings. The summed E-state index contributed by atoms with van der Waals surface area (Å²) in [6.45, 7) is 1.69. The van der Waals surface area contributed by atoms with Gasteiger partial charge in [-0.25, -0.2) is 9.18 Å². The van der Waals surface area contributed by atoms with Gasteiger partial charge in [0.05, 0.1) is 11.1 Å². The van der Waals surface area contributed by atoms with Crippen molar-refractivity contribution in [2.45, 2.75) is 6.92 Å². The number of aryl methyl sites for hydroxylation is 1. The lowest BCUT2D eigenvalue weighted by Crippen LogP contribution is -1.98. The zero-order chi connectivity index (χ0) is 14.7. The van der Waals surface area contributed by atoms with Crippen LogP contribution >= 0.6 is 0 Å². The number of carboxylic acid groups (broad SMARTS) is 1. The molecule has 0 aliphatic rings. The van der Waals surface area contributed by atoms with Gasteiger partial charge in [-0.1, -0.05) is 0 Å². The normalized spacial score (nSPS) is 9.85. The van der Waals surface area contributed by atoms with Gasteiger partial charge in [0.2, 0.25) is 0 Å². The van der Waals surface area contributed by atoms with Crippen molar-refractivity contribution in [3.63, 3.8) is 0 Å². The number of hydrogen-bond acceptors (Lipinski definition) is 3. The molecule has 2 aromatic carbocycles. The van der Waals surface area contributed by atoms with E-state index in [0.29, 0.717) is 11.3 Å². The molecule has 0 heterocycles. The summed E-state index contributed by atoms with van der Waals surface area (Å²) < 4.78 is 18.6. The quantitative estimate of drug-likeness (QED) is 0.927. The van der Waals surface area contributed by atoms with Crippen molar-refractivity contribution in [2.24, 2.45) is 0 Å². The second-order valence-corrected chi connectivity index (χ2v) is 4.14. The Hall–Kier alpha value is -2.87. The number of nitrogens with zero attached hydrogens (tertiary/aromatic N) is 1. The first-order valence-electron chi connectivity index (χ1n) is 5.72. The Balaban J connectivity index is 2.36. The van der Waals surface area contributed by atoms with Crippen molar-refractivity contribution in [2.75, 3.05) is 0 Å². The molecular formula is C15H10FNO3. The van der Waals surface area contributed by atoms with E-state index in [1.54, 1.807) is 6.92 Å². The molecule has 2 aromatic rings. The predicted octanol–water partition coefficient (Wildman–Crippen LogP) is 3.50. The zero-order valence-electron chi connectivity index (χ0n) is 10.6. The van der Waals surface area contributed by atoms with Crippen LogP contribution in [0, 0.1) is 24.1 Å². The highest BCUT2D eigenvalue weighted by Gasteiger charge is 2.10. The molecule has 1 N–H and O–H groups in total. The Labute approximate surface area is 114 Å². The Bertz CT molecular complexity index is 720. The summed E-state index contributed by atoms with van der Waals surface area (Å²) in [6.07, 6.45) is 0. The molecule has 0 saturated heterocycles. The average molecular weight is 271 g/mol. The standard InChI is InChI=1S/C15H10FNO3/c1-9-6-10(15(18)19)2-4-13(9)20-14-5-3-12(16)7-11(14)8-17/h2-7H,1H3,(H,18,19). The maximum absolute atomic E-state index is 13.0. The molecule has 0 atom stereocenters. The van der Waals surface area contributed by atoms with Gasteiger partial charge in [-0.3, -0.25) is 0 Å². The van der Waals surface area contributed by atoms with E-state index in [4.69, 9.17) is 15.1 Å². The summed E-state index contributed by atoms with van der Waals surface area (Å²) in [6, 6.07) is 9.85. The third-order valence-electron chi connectivity index (χ3n) is 2.70. The van der Waals surface area contributed by atoms with Gasteiger partial charge in [0.15, 0.2) is 0 Å². The lowest BCUT2D eigenvalue weighted by atomic mass is 10.1. The van der Waals surface area contributed by atoms with Crippen LogP contribution in [0.2, 0.25) is 0 Å². The molecule has 0 unspecified atom stereocenters. The molecule has 0 radical (unpaired) electrons. The van der Waals surface area contributed by atoms with Gasteiger partial charge in [-0.05, 0) is 48.9 Å². The van der Waals surface area contributed by atoms with Gasteiger partial charge >= 0.3 is 5.97 Å². The van der Waals surface area contributed by atoms with Gasteiger partial charge < -0.3 is 9.84 Å². The van der Waals surface area contributed by atoms with Crippen LogP contribution < -0.4 is 4.74 Å². The van der Waals surface area contributed by atoms with Crippen LogP contribution in [0.25, 0.3) is 0 Å². The third kappa shape index (κ3) is 2.75. The fraction of sp³-hybridized carbons (Fsp3) is 0.0667. The first kappa shape index (κ1) is 13.6. The molecule has 2 rings (SSSR count). The summed E-state index contributed by atoms with van der Waals surface area (Å²) in [7, 11) is 0. The Kier molecular flexibility index (Phi) is 3.67. The van der Waals surface area contributed by atoms with Crippen molar-refractivity contribution in [1.82, 2.24) is 0 Å². The fourth-order valence-electron chi connectivity index (χ4n) is 1.69. The largest absolute Gasteiger partial charge is 0.478 e. The van der Waals surface area contributed by atoms with Gasteiger partial charge in [0.1, 0.15) is 23.4 Å². The van der Waals surface area contributed by atoms with E-state index < -0.39 is 11.8 Å². The van der Waals surface area contributed by atoms with Crippen LogP contribution in [-0.4, -0.2) is 11.1 Å². The minimum absolute atomic E-state index is 0.0757. The van der Waals surface area contributed by atoms with E-state index in [9.17, 15) is 9.18 Å². The van der Waals surface area contributed by atoms with Gasteiger partial charge in [0, 0.05) is 0 Å². The minimum Gasteiger partial charge on any atom is -0.478 e. The zero-order valence-corrected chi connectivity index (χ0v) is 10.6. The average Bonchev–Trinajstić information content (AvgIpc) is 2.42. The second-order valence-electron chi connectivity index (χ2n) is 4.14. The van der Waals surface area contributed by atoms with Crippen LogP contribution in [0.5, 0.6) is 11.5 Å². The second kappa shape index (κ2) is 5.41. The highest BCUT2D eigenvalue weighted by molar-refractivity contribution is 5.88. The maximum atomic E-state index is 13.0. The smallest absolute Gasteiger partial charge is 0.335 e. The topological polar surface area (TPSA) is 70.3 Å². The summed E-state index contributed by atoms with van der Waals surface area (Å²) in [5, 5.41) is 17.8. The number of benzene rings is 2. The first-order valence-corrected chi connectivity index (χ1v) is 5.72. The Morgan fingerprint density at radius 3 is 2.55 bits per heavy atom. The lowest BCUT2D eigenvalue weighted by Gasteiger charge is -2.10. The highest BCUT2D eigenvalue weighted by Crippen LogP contribution is 2.28. The summed E-state index contributed by atoms with van der Waals surface area (Å²) in [5.41, 5.74) is 0.833. The number of rotatable bonds is 3. The Morgan fingerprint density at radius 2 is 1.95 bits per heavy atom. The highest BCUT2D eigenvalue weighted by atomic mass is 19.1. The van der Waals surface area contributed by atoms with E-state index in [2.05, 4.69) is 0 Å². The van der Waals surface area contributed by atoms with Crippen molar-refractivity contribution in [1.29, 1.82) is 5.26 Å². The SMILES string of the molecule is Cc1cc(C(=O)O)ccc1Oc1ccc(F)cc1C#N. The van der Waals surface area contributed by atoms with Crippen molar-refractivity contribution >= 4 is 5.97 Å². The monoisotopic (exact) mass is 271 g/mol. The van der Waals surface area contributed by atoms with Gasteiger partial charge in [0.25, 0.3) is 0 Å². The van der Waals surface area contributed by atoms with E-state index in [-0.39, 0.29) is 16.9 Å². The molecule has 5 heteroatoms. The number of ether oxygens (including phenoxy) is 1. The summed E-state index contributed by atoms with van der Waals surface area (Å²) in [4.78, 5) is 10.8. The number of carbonyl (C=O) groups is 1. The molecule has 0 amide bonds. The Morgan fingerprint density at radius 1 is 1.25 bits per heavy atom. The van der Waals surface area contributed by atoms with Gasteiger partial charge in [-0.15, -0.1) is 0 Å². The maximum Gasteiger partial charge on any atom is 0.335 e. The first-order chi connectivity index (χ1) is 9.51. The molecule has 4 nitrogen and oxygen atoms in total. The minimum atomic E-state index is -1.03. The lowest BCUT2D eigenvalue weighted by molar-refractivity contribution is 0.0697. The molecule has 0 bridgehead atoms. The van der Waals surface area contributed by atoms with Crippen molar-refractivity contribution < 1.29 is 19.0 Å². The molecule has 0 spiro atoms. The molecule has 0 saturated carbocycles. The van der Waals surface area contributed by atoms with E-state index in [1.165, 1.54) is 30.3 Å². The molecule has 20 heavy (non-hydrogen) atoms. The fourth-order valence-corrected chi connectivity index (χ4v) is 1.69. The van der Waals surface area contributed by atoms with Crippen LogP contribution in [0.15, 0.2) is 36.4 Å². The third-order valence-corrected chi connectivity index (χ3v) is 2.70. The van der Waals surface area contributed by atoms with Crippen molar-refractivity contribution in [3.8, 4) is 17.6 Å². The van der Waals surface area contributed by atoms with Crippen LogP contribution in [0.1, 0.15) is 21.5 Å². The summed E-state index contributed by atoms with van der Waals surface area (Å²) in [5.74, 6) is -0.913. The predicted molar refractivity (Wildman–Crippen MR) is 69.3 cm³/mol. The van der Waals surface area contributed by atoms with E-state index >= 15 is 0 Å². The number of nitriles is 1. The molecule has 0 aromatic heterocycles. The number of aromatic carboxylic acids is 1. The molecule has 100 valence electrons. The van der Waals surface area contributed by atoms with Crippen LogP contribution in [0.4, 0.5) is 4.39 Å². The van der Waals surface area contributed by atoms with Crippen LogP contribution in [-0.2, 0) is 0 Å². The van der Waals surface area contributed by atoms with Crippen molar-refractivity contribution in [3.05, 3.63) is 58.9 Å². The number of halogens is 1. The molecule has 0 aliphatic heterocycles. The summed E-state index contributed by atoms with van der Waals surface area (Å²) >= 11 is 0. The van der Waals surface area contributed by atoms with Crippen LogP contribution in [0.3, 0.4) is 0 Å².